The summed E-state index contributed by atoms with van der Waals surface area (Å²) in [7, 11) is 1.58. The van der Waals surface area contributed by atoms with Crippen LogP contribution in [0, 0.1) is 11.7 Å². The Balaban J connectivity index is 1.49. The Labute approximate surface area is 231 Å². The number of carbonyl (C=O) groups is 1. The van der Waals surface area contributed by atoms with Gasteiger partial charge in [0.2, 0.25) is 5.91 Å². The van der Waals surface area contributed by atoms with Crippen molar-refractivity contribution in [1.82, 2.24) is 19.9 Å². The zero-order chi connectivity index (χ0) is 28.2. The lowest BCUT2D eigenvalue weighted by atomic mass is 9.89. The molecule has 0 spiro atoms. The van der Waals surface area contributed by atoms with E-state index in [0.29, 0.717) is 41.6 Å². The molecular formula is C31H29FN6O2. The Hall–Kier alpha value is -4.92. The number of fused-ring (bicyclic) bond motifs is 1. The number of nitrogen functional groups attached to an aromatic ring is 1. The molecule has 202 valence electrons. The highest BCUT2D eigenvalue weighted by Gasteiger charge is 2.31. The number of rotatable bonds is 7. The van der Waals surface area contributed by atoms with E-state index in [-0.39, 0.29) is 23.2 Å². The molecule has 0 radical (unpaired) electrons. The number of hydrogen-bond acceptors (Lipinski definition) is 7. The topological polar surface area (TPSA) is 107 Å². The molecule has 3 heterocycles. The number of aromatic nitrogens is 3. The molecule has 1 atom stereocenters. The number of benzene rings is 2. The Morgan fingerprint density at radius 3 is 2.77 bits per heavy atom. The molecular weight excluding hydrogens is 507 g/mol. The number of halogens is 1. The van der Waals surface area contributed by atoms with E-state index in [2.05, 4.69) is 26.5 Å². The Morgan fingerprint density at radius 2 is 2.02 bits per heavy atom. The molecule has 1 amide bonds. The molecule has 40 heavy (non-hydrogen) atoms. The van der Waals surface area contributed by atoms with E-state index in [1.54, 1.807) is 36.3 Å². The number of nitrogens with two attached hydrogens (primary N) is 1. The van der Waals surface area contributed by atoms with Crippen molar-refractivity contribution >= 4 is 33.9 Å². The van der Waals surface area contributed by atoms with Crippen LogP contribution < -0.4 is 10.5 Å². The van der Waals surface area contributed by atoms with Gasteiger partial charge in [-0.15, -0.1) is 0 Å². The molecule has 1 aliphatic rings. The molecule has 5 rings (SSSR count). The third-order valence-corrected chi connectivity index (χ3v) is 7.07. The highest BCUT2D eigenvalue weighted by molar-refractivity contribution is 6.17. The summed E-state index contributed by atoms with van der Waals surface area (Å²) < 4.78 is 21.7. The first-order valence-electron chi connectivity index (χ1n) is 12.9. The molecule has 8 nitrogen and oxygen atoms in total. The molecule has 9 heteroatoms. The van der Waals surface area contributed by atoms with Crippen molar-refractivity contribution in [3.05, 3.63) is 102 Å². The lowest BCUT2D eigenvalue weighted by Crippen LogP contribution is -2.27. The molecule has 1 aliphatic heterocycles. The van der Waals surface area contributed by atoms with Crippen LogP contribution in [0.2, 0.25) is 0 Å². The van der Waals surface area contributed by atoms with E-state index < -0.39 is 5.82 Å². The molecule has 2 aromatic heterocycles. The second kappa shape index (κ2) is 11.4. The zero-order valence-corrected chi connectivity index (χ0v) is 22.3. The Bertz CT molecular complexity index is 1660. The number of anilines is 1. The summed E-state index contributed by atoms with van der Waals surface area (Å²) in [6, 6.07) is 13.9. The minimum atomic E-state index is -0.531. The largest absolute Gasteiger partial charge is 0.456 e. The maximum atomic E-state index is 15.7. The van der Waals surface area contributed by atoms with Crippen LogP contribution in [0.5, 0.6) is 11.5 Å². The second-order valence-electron chi connectivity index (χ2n) is 9.34. The van der Waals surface area contributed by atoms with Crippen LogP contribution >= 0.6 is 0 Å². The second-order valence-corrected chi connectivity index (χ2v) is 9.34. The fraction of sp³-hybridized carbons (Fsp3) is 0.194. The first kappa shape index (κ1) is 26.7. The maximum Gasteiger partial charge on any atom is 0.245 e. The summed E-state index contributed by atoms with van der Waals surface area (Å²) in [6.07, 6.45) is 7.07. The smallest absolute Gasteiger partial charge is 0.245 e. The highest BCUT2D eigenvalue weighted by Crippen LogP contribution is 2.35. The van der Waals surface area contributed by atoms with Gasteiger partial charge in [-0.05, 0) is 55.3 Å². The van der Waals surface area contributed by atoms with Crippen molar-refractivity contribution < 1.29 is 13.9 Å². The molecule has 1 fully saturated rings. The third-order valence-electron chi connectivity index (χ3n) is 7.07. The first-order chi connectivity index (χ1) is 19.4. The van der Waals surface area contributed by atoms with E-state index in [9.17, 15) is 4.79 Å². The highest BCUT2D eigenvalue weighted by atomic mass is 19.1. The van der Waals surface area contributed by atoms with Gasteiger partial charge in [0.1, 0.15) is 29.5 Å². The number of allylic oxidation sites excluding steroid dienone is 1. The van der Waals surface area contributed by atoms with Gasteiger partial charge in [0, 0.05) is 49.3 Å². The van der Waals surface area contributed by atoms with Crippen LogP contribution in [0.4, 0.5) is 10.2 Å². The van der Waals surface area contributed by atoms with Gasteiger partial charge in [0.25, 0.3) is 0 Å². The Kier molecular flexibility index (Phi) is 7.63. The van der Waals surface area contributed by atoms with Crippen LogP contribution in [0.1, 0.15) is 30.2 Å². The zero-order valence-electron chi connectivity index (χ0n) is 22.3. The normalized spacial score (nSPS) is 15.9. The number of amides is 1. The fourth-order valence-electron chi connectivity index (χ4n) is 5.16. The standard InChI is InChI=1S/C31H29FN6O2/c1-4-21(19-13-15-38(17-19)27(39)5-2)30-28(31(33)37-18-36-30)29(34-3)22-11-10-20(16-24(22)32)40-26-12-14-35-25-9-7-6-8-23(25)26/h4-12,14,16,18-19H,2,13,15,17H2,1,3H3,(H2,33,36,37)/b21-4-,34-29?. The van der Waals surface area contributed by atoms with Crippen LogP contribution in [-0.4, -0.2) is 51.6 Å². The monoisotopic (exact) mass is 536 g/mol. The predicted octanol–water partition coefficient (Wildman–Crippen LogP) is 5.44. The average Bonchev–Trinajstić information content (AvgIpc) is 3.46. The molecule has 2 N–H and O–H groups in total. The van der Waals surface area contributed by atoms with Gasteiger partial charge in [-0.25, -0.2) is 14.4 Å². The number of aliphatic imine (C=N–C) groups is 1. The number of carbonyl (C=O) groups excluding carboxylic acids is 1. The molecule has 2 aromatic carbocycles. The number of nitrogens with zero attached hydrogens (tertiary/aromatic N) is 5. The SMILES string of the molecule is C=CC(=O)N1CCC(/C(=C/C)c2ncnc(N)c2C(=NC)c2ccc(Oc3ccnc4ccccc34)cc2F)C1. The summed E-state index contributed by atoms with van der Waals surface area (Å²) in [5.74, 6) is 0.471. The van der Waals surface area contributed by atoms with Crippen molar-refractivity contribution in [2.24, 2.45) is 10.9 Å². The molecule has 0 aliphatic carbocycles. The number of hydrogen-bond donors (Lipinski definition) is 1. The van der Waals surface area contributed by atoms with Gasteiger partial charge >= 0.3 is 0 Å². The van der Waals surface area contributed by atoms with Crippen LogP contribution in [0.25, 0.3) is 16.5 Å². The van der Waals surface area contributed by atoms with Crippen LogP contribution in [-0.2, 0) is 4.79 Å². The fourth-order valence-corrected chi connectivity index (χ4v) is 5.16. The average molecular weight is 537 g/mol. The number of ether oxygens (including phenoxy) is 1. The lowest BCUT2D eigenvalue weighted by Gasteiger charge is -2.20. The summed E-state index contributed by atoms with van der Waals surface area (Å²) in [4.78, 5) is 31.5. The van der Waals surface area contributed by atoms with E-state index >= 15 is 4.39 Å². The minimum absolute atomic E-state index is 0.0239. The van der Waals surface area contributed by atoms with Gasteiger partial charge in [0.15, 0.2) is 0 Å². The number of likely N-dealkylation sites (tertiary alicyclic amines) is 1. The molecule has 4 aromatic rings. The lowest BCUT2D eigenvalue weighted by molar-refractivity contribution is -0.125. The summed E-state index contributed by atoms with van der Waals surface area (Å²) in [6.45, 7) is 6.64. The van der Waals surface area contributed by atoms with Crippen molar-refractivity contribution in [1.29, 1.82) is 0 Å². The van der Waals surface area contributed by atoms with Crippen molar-refractivity contribution in [3.63, 3.8) is 0 Å². The van der Waals surface area contributed by atoms with Gasteiger partial charge in [-0.2, -0.15) is 0 Å². The minimum Gasteiger partial charge on any atom is -0.456 e. The molecule has 0 saturated carbocycles. The van der Waals surface area contributed by atoms with Crippen molar-refractivity contribution in [2.45, 2.75) is 13.3 Å². The van der Waals surface area contributed by atoms with E-state index in [1.807, 2.05) is 37.3 Å². The van der Waals surface area contributed by atoms with E-state index in [4.69, 9.17) is 10.5 Å². The summed E-state index contributed by atoms with van der Waals surface area (Å²) >= 11 is 0. The van der Waals surface area contributed by atoms with E-state index in [0.717, 1.165) is 22.9 Å². The Morgan fingerprint density at radius 1 is 1.20 bits per heavy atom. The molecule has 1 saturated heterocycles. The first-order valence-corrected chi connectivity index (χ1v) is 12.9. The summed E-state index contributed by atoms with van der Waals surface area (Å²) in [5, 5.41) is 0.822. The van der Waals surface area contributed by atoms with Crippen molar-refractivity contribution in [2.75, 3.05) is 25.9 Å². The number of para-hydroxylation sites is 1. The quantitative estimate of drug-likeness (QED) is 0.249. The van der Waals surface area contributed by atoms with Crippen molar-refractivity contribution in [3.8, 4) is 11.5 Å². The van der Waals surface area contributed by atoms with Crippen LogP contribution in [0.15, 0.2) is 84.8 Å². The van der Waals surface area contributed by atoms with Gasteiger partial charge in [0.05, 0.1) is 22.5 Å². The summed E-state index contributed by atoms with van der Waals surface area (Å²) in [5.41, 5.74) is 9.62. The van der Waals surface area contributed by atoms with E-state index in [1.165, 1.54) is 18.5 Å². The van der Waals surface area contributed by atoms with Gasteiger partial charge < -0.3 is 15.4 Å². The third kappa shape index (κ3) is 5.05. The van der Waals surface area contributed by atoms with Gasteiger partial charge in [-0.1, -0.05) is 24.8 Å². The maximum absolute atomic E-state index is 15.7. The predicted molar refractivity (Wildman–Crippen MR) is 155 cm³/mol. The molecule has 0 bridgehead atoms. The van der Waals surface area contributed by atoms with Crippen LogP contribution in [0.3, 0.4) is 0 Å². The molecule has 1 unspecified atom stereocenters. The van der Waals surface area contributed by atoms with Gasteiger partial charge in [-0.3, -0.25) is 14.8 Å². The number of pyridine rings is 1.